The van der Waals surface area contributed by atoms with Crippen LogP contribution in [0.4, 0.5) is 34.1 Å². The molecule has 0 saturated heterocycles. The average Bonchev–Trinajstić information content (AvgIpc) is 3.40. The Balaban J connectivity index is 0.877. The summed E-state index contributed by atoms with van der Waals surface area (Å²) < 4.78 is 0. The summed E-state index contributed by atoms with van der Waals surface area (Å²) in [5.41, 5.74) is 12.0. The van der Waals surface area contributed by atoms with Crippen molar-refractivity contribution in [3.63, 3.8) is 0 Å². The summed E-state index contributed by atoms with van der Waals surface area (Å²) in [6, 6.07) is 84.8. The van der Waals surface area contributed by atoms with Gasteiger partial charge < -0.3 is 9.80 Å². The van der Waals surface area contributed by atoms with Gasteiger partial charge in [-0.15, -0.1) is 0 Å². The molecule has 0 spiro atoms. The van der Waals surface area contributed by atoms with Crippen molar-refractivity contribution in [1.29, 1.82) is 0 Å². The molecule has 0 aliphatic heterocycles. The van der Waals surface area contributed by atoms with Gasteiger partial charge in [0, 0.05) is 43.9 Å². The maximum Gasteiger partial charge on any atom is 0.0618 e. The van der Waals surface area contributed by atoms with E-state index in [0.717, 1.165) is 41.0 Å². The molecule has 13 rings (SSSR count). The van der Waals surface area contributed by atoms with E-state index >= 15 is 0 Å². The molecule has 2 nitrogen and oxygen atoms in total. The fraction of sp³-hybridized carbons (Fsp3) is 0.0303. The van der Waals surface area contributed by atoms with Gasteiger partial charge in [-0.05, 0) is 122 Å². The maximum atomic E-state index is 2.51. The van der Waals surface area contributed by atoms with Crippen molar-refractivity contribution in [2.75, 3.05) is 9.80 Å². The quantitative estimate of drug-likeness (QED) is 0.111. The number of nitrogens with zero attached hydrogens (tertiary/aromatic N) is 2. The highest BCUT2D eigenvalue weighted by molar-refractivity contribution is 6.17. The van der Waals surface area contributed by atoms with Crippen LogP contribution in [0.5, 0.6) is 0 Å². The zero-order chi connectivity index (χ0) is 45.0. The van der Waals surface area contributed by atoms with Crippen molar-refractivity contribution in [3.8, 4) is 0 Å². The number of benzene rings is 12. The monoisotopic (exact) mass is 866 g/mol. The van der Waals surface area contributed by atoms with Gasteiger partial charge in [0.15, 0.2) is 0 Å². The van der Waals surface area contributed by atoms with Crippen molar-refractivity contribution in [2.45, 2.75) is 12.8 Å². The molecule has 0 amide bonds. The average molecular weight is 867 g/mol. The highest BCUT2D eigenvalue weighted by atomic mass is 15.2. The molecule has 0 unspecified atom stereocenters. The minimum absolute atomic E-state index is 1.05. The molecule has 1 aliphatic carbocycles. The van der Waals surface area contributed by atoms with E-state index in [-0.39, 0.29) is 0 Å². The molecule has 68 heavy (non-hydrogen) atoms. The van der Waals surface area contributed by atoms with Crippen molar-refractivity contribution in [1.82, 2.24) is 0 Å². The SMILES string of the molecule is C1=Cc2c(cccc2N(c2ccc3cc(/C=C/c4ccc(N(c5cccc6ccccc56)c5c6ccccc6cc6ccccc56)cc4)ccc3c2)c2c3ccccc3cc3ccccc23)CC1. The van der Waals surface area contributed by atoms with Crippen molar-refractivity contribution >= 4 is 117 Å². The van der Waals surface area contributed by atoms with Crippen LogP contribution < -0.4 is 9.80 Å². The van der Waals surface area contributed by atoms with Gasteiger partial charge in [-0.2, -0.15) is 0 Å². The first kappa shape index (κ1) is 39.6. The lowest BCUT2D eigenvalue weighted by atomic mass is 9.93. The molecule has 0 atom stereocenters. The third kappa shape index (κ3) is 6.89. The third-order valence-corrected chi connectivity index (χ3v) is 13.9. The summed E-state index contributed by atoms with van der Waals surface area (Å²) in [6.45, 7) is 0. The molecule has 0 fully saturated rings. The first-order chi connectivity index (χ1) is 33.7. The number of allylic oxidation sites excluding steroid dienone is 1. The van der Waals surface area contributed by atoms with Gasteiger partial charge in [-0.25, -0.2) is 0 Å². The minimum Gasteiger partial charge on any atom is -0.309 e. The molecular formula is C66H46N2. The molecule has 0 bridgehead atoms. The predicted molar refractivity (Wildman–Crippen MR) is 294 cm³/mol. The number of anilines is 6. The molecule has 12 aromatic carbocycles. The Hall–Kier alpha value is -8.72. The number of hydrogen-bond donors (Lipinski definition) is 0. The Labute approximate surface area is 396 Å². The fourth-order valence-corrected chi connectivity index (χ4v) is 10.7. The second-order valence-corrected chi connectivity index (χ2v) is 18.0. The smallest absolute Gasteiger partial charge is 0.0618 e. The van der Waals surface area contributed by atoms with E-state index in [1.54, 1.807) is 0 Å². The topological polar surface area (TPSA) is 6.48 Å². The van der Waals surface area contributed by atoms with Crippen LogP contribution in [-0.4, -0.2) is 0 Å². The Morgan fingerprint density at radius 1 is 0.324 bits per heavy atom. The lowest BCUT2D eigenvalue weighted by Crippen LogP contribution is -2.14. The summed E-state index contributed by atoms with van der Waals surface area (Å²) in [5, 5.41) is 14.7. The summed E-state index contributed by atoms with van der Waals surface area (Å²) in [5.74, 6) is 0. The Morgan fingerprint density at radius 2 is 0.794 bits per heavy atom. The Morgan fingerprint density at radius 3 is 1.44 bits per heavy atom. The van der Waals surface area contributed by atoms with Gasteiger partial charge in [0.2, 0.25) is 0 Å². The number of hydrogen-bond acceptors (Lipinski definition) is 2. The second-order valence-electron chi connectivity index (χ2n) is 18.0. The van der Waals surface area contributed by atoms with Gasteiger partial charge in [-0.3, -0.25) is 0 Å². The van der Waals surface area contributed by atoms with Crippen LogP contribution in [0.25, 0.3) is 82.9 Å². The van der Waals surface area contributed by atoms with E-state index in [9.17, 15) is 0 Å². The summed E-state index contributed by atoms with van der Waals surface area (Å²) in [6.07, 6.45) is 11.2. The van der Waals surface area contributed by atoms with Crippen LogP contribution in [0, 0.1) is 0 Å². The summed E-state index contributed by atoms with van der Waals surface area (Å²) in [7, 11) is 0. The molecule has 320 valence electrons. The second kappa shape index (κ2) is 16.6. The normalized spacial score (nSPS) is 12.5. The van der Waals surface area contributed by atoms with Crippen LogP contribution in [0.2, 0.25) is 0 Å². The third-order valence-electron chi connectivity index (χ3n) is 13.9. The Kier molecular flexibility index (Phi) is 9.68. The number of rotatable bonds is 8. The van der Waals surface area contributed by atoms with Gasteiger partial charge in [-0.1, -0.05) is 200 Å². The lowest BCUT2D eigenvalue weighted by molar-refractivity contribution is 0.984. The van der Waals surface area contributed by atoms with Crippen molar-refractivity contribution < 1.29 is 0 Å². The molecule has 0 aromatic heterocycles. The first-order valence-corrected chi connectivity index (χ1v) is 23.7. The van der Waals surface area contributed by atoms with Gasteiger partial charge in [0.05, 0.1) is 22.7 Å². The molecular weight excluding hydrogens is 821 g/mol. The van der Waals surface area contributed by atoms with Crippen molar-refractivity contribution in [3.05, 3.63) is 259 Å². The zero-order valence-electron chi connectivity index (χ0n) is 37.6. The fourth-order valence-electron chi connectivity index (χ4n) is 10.7. The maximum absolute atomic E-state index is 2.51. The lowest BCUT2D eigenvalue weighted by Gasteiger charge is -2.31. The minimum atomic E-state index is 1.05. The van der Waals surface area contributed by atoms with E-state index in [4.69, 9.17) is 0 Å². The predicted octanol–water partition coefficient (Wildman–Crippen LogP) is 18.7. The zero-order valence-corrected chi connectivity index (χ0v) is 37.6. The first-order valence-electron chi connectivity index (χ1n) is 23.7. The standard InChI is InChI=1S/C66H46N2/c1-7-23-57-47(15-1)21-13-29-63(57)67(65-59-25-9-3-17-51(59)42-52-18-4-10-26-60(52)65)55-38-34-45(35-39-55)31-32-46-33-36-50-44-56(40-37-49(50)41-46)68(64-30-14-22-48-16-2-8-24-58(48)64)66-61-27-11-5-19-53(61)43-54-20-6-12-28-62(54)66/h1,3-15,17-44H,2,16H2/b32-31+. The molecule has 0 saturated carbocycles. The van der Waals surface area contributed by atoms with E-state index in [2.05, 4.69) is 265 Å². The van der Waals surface area contributed by atoms with E-state index in [1.807, 2.05) is 0 Å². The molecule has 0 radical (unpaired) electrons. The van der Waals surface area contributed by atoms with Gasteiger partial charge >= 0.3 is 0 Å². The molecule has 12 aromatic rings. The largest absolute Gasteiger partial charge is 0.309 e. The molecule has 0 heterocycles. The highest BCUT2D eigenvalue weighted by Crippen LogP contribution is 2.48. The van der Waals surface area contributed by atoms with E-state index < -0.39 is 0 Å². The van der Waals surface area contributed by atoms with Crippen LogP contribution in [0.15, 0.2) is 237 Å². The molecule has 2 heteroatoms. The van der Waals surface area contributed by atoms with Crippen LogP contribution >= 0.6 is 0 Å². The summed E-state index contributed by atoms with van der Waals surface area (Å²) in [4.78, 5) is 4.98. The summed E-state index contributed by atoms with van der Waals surface area (Å²) >= 11 is 0. The van der Waals surface area contributed by atoms with Crippen LogP contribution in [0.3, 0.4) is 0 Å². The number of fused-ring (bicyclic) bond motifs is 7. The highest BCUT2D eigenvalue weighted by Gasteiger charge is 2.24. The van der Waals surface area contributed by atoms with Crippen LogP contribution in [0.1, 0.15) is 28.7 Å². The Bertz CT molecular complexity index is 3880. The van der Waals surface area contributed by atoms with Crippen molar-refractivity contribution in [2.24, 2.45) is 0 Å². The van der Waals surface area contributed by atoms with Gasteiger partial charge in [0.25, 0.3) is 0 Å². The van der Waals surface area contributed by atoms with E-state index in [1.165, 1.54) is 92.8 Å². The molecule has 0 N–H and O–H groups in total. The van der Waals surface area contributed by atoms with Gasteiger partial charge in [0.1, 0.15) is 0 Å². The van der Waals surface area contributed by atoms with Crippen LogP contribution in [-0.2, 0) is 6.42 Å². The van der Waals surface area contributed by atoms with E-state index in [0.29, 0.717) is 0 Å². The number of aryl methyl sites for hydroxylation is 1. The molecule has 1 aliphatic rings.